The lowest BCUT2D eigenvalue weighted by Gasteiger charge is -2.17. The van der Waals surface area contributed by atoms with Crippen molar-refractivity contribution in [2.24, 2.45) is 0 Å². The summed E-state index contributed by atoms with van der Waals surface area (Å²) in [4.78, 5) is 13.6. The van der Waals surface area contributed by atoms with Gasteiger partial charge in [0.2, 0.25) is 0 Å². The fraction of sp³-hybridized carbons (Fsp3) is 0.105. The first-order chi connectivity index (χ1) is 13.1. The third kappa shape index (κ3) is 6.28. The molecule has 0 spiro atoms. The lowest BCUT2D eigenvalue weighted by molar-refractivity contribution is 0.893. The molecule has 0 bridgehead atoms. The average Bonchev–Trinajstić information content (AvgIpc) is 2.66. The summed E-state index contributed by atoms with van der Waals surface area (Å²) in [5.74, 6) is 1.54. The van der Waals surface area contributed by atoms with Gasteiger partial charge < -0.3 is 0 Å². The van der Waals surface area contributed by atoms with Crippen LogP contribution in [0.2, 0.25) is 0 Å². The van der Waals surface area contributed by atoms with Crippen molar-refractivity contribution in [3.63, 3.8) is 0 Å². The predicted octanol–water partition coefficient (Wildman–Crippen LogP) is 8.30. The predicted molar refractivity (Wildman–Crippen MR) is 138 cm³/mol. The van der Waals surface area contributed by atoms with E-state index < -0.39 is 4.29 Å². The lowest BCUT2D eigenvalue weighted by atomic mass is 10.1. The minimum Gasteiger partial charge on any atom is -0.211 e. The van der Waals surface area contributed by atoms with E-state index in [4.69, 9.17) is 0 Å². The van der Waals surface area contributed by atoms with Crippen LogP contribution in [0.5, 0.6) is 0 Å². The molecule has 1 aromatic heterocycles. The van der Waals surface area contributed by atoms with Gasteiger partial charge in [-0.05, 0) is 11.1 Å². The second-order valence-electron chi connectivity index (χ2n) is 5.67. The molecule has 0 aliphatic heterocycles. The van der Waals surface area contributed by atoms with E-state index in [2.05, 4.69) is 135 Å². The van der Waals surface area contributed by atoms with E-state index >= 15 is 0 Å². The average molecular weight is 761 g/mol. The Hall–Kier alpha value is 0.0700. The molecular weight excluding hydrogens is 750 g/mol. The molecule has 28 heavy (non-hydrogen) atoms. The van der Waals surface area contributed by atoms with Gasteiger partial charge in [0.1, 0.15) is 0 Å². The highest BCUT2D eigenvalue weighted by molar-refractivity contribution is 9.39. The maximum atomic E-state index is 4.57. The van der Waals surface area contributed by atoms with Crippen LogP contribution in [0, 0.1) is 0 Å². The van der Waals surface area contributed by atoms with Crippen LogP contribution in [0.3, 0.4) is 0 Å². The molecule has 0 unspecified atom stereocenters. The number of benzene rings is 2. The van der Waals surface area contributed by atoms with Crippen LogP contribution < -0.4 is 0 Å². The zero-order valence-corrected chi connectivity index (χ0v) is 23.5. The Kier molecular flexibility index (Phi) is 7.70. The molecule has 0 aliphatic rings. The molecule has 3 nitrogen and oxygen atoms in total. The summed E-state index contributed by atoms with van der Waals surface area (Å²) in [5, 5.41) is 0. The van der Waals surface area contributed by atoms with E-state index in [1.165, 1.54) is 0 Å². The van der Waals surface area contributed by atoms with Crippen LogP contribution in [0.25, 0.3) is 23.5 Å². The molecule has 0 amide bonds. The van der Waals surface area contributed by atoms with Crippen LogP contribution in [0.15, 0.2) is 54.6 Å². The molecule has 9 heteroatoms. The fourth-order valence-corrected chi connectivity index (χ4v) is 3.32. The molecule has 0 fully saturated rings. The van der Waals surface area contributed by atoms with Crippen LogP contribution in [-0.4, -0.2) is 15.0 Å². The van der Waals surface area contributed by atoms with E-state index in [1.54, 1.807) is 0 Å². The van der Waals surface area contributed by atoms with E-state index in [0.29, 0.717) is 17.5 Å². The van der Waals surface area contributed by atoms with Gasteiger partial charge >= 0.3 is 0 Å². The third-order valence-corrected chi connectivity index (χ3v) is 5.71. The zero-order chi connectivity index (χ0) is 20.4. The van der Waals surface area contributed by atoms with Crippen molar-refractivity contribution in [3.05, 3.63) is 77.4 Å². The van der Waals surface area contributed by atoms with E-state index in [1.807, 2.05) is 42.5 Å². The highest BCUT2D eigenvalue weighted by Gasteiger charge is 2.32. The Morgan fingerprint density at radius 1 is 0.571 bits per heavy atom. The molecule has 0 atom stereocenters. The smallest absolute Gasteiger partial charge is 0.194 e. The first-order valence-corrected chi connectivity index (χ1v) is 12.6. The minimum absolute atomic E-state index is 0.489. The summed E-state index contributed by atoms with van der Waals surface area (Å²) in [5.41, 5.74) is 3.13. The molecule has 0 saturated carbocycles. The van der Waals surface area contributed by atoms with Gasteiger partial charge in [-0.25, -0.2) is 15.0 Å². The van der Waals surface area contributed by atoms with Gasteiger partial charge in [-0.15, -0.1) is 0 Å². The summed E-state index contributed by atoms with van der Waals surface area (Å²) < 4.78 is -1.51. The van der Waals surface area contributed by atoms with Crippen LogP contribution in [0.4, 0.5) is 0 Å². The molecule has 0 radical (unpaired) electrons. The third-order valence-electron chi connectivity index (χ3n) is 3.58. The number of rotatable bonds is 3. The summed E-state index contributed by atoms with van der Waals surface area (Å²) in [6.45, 7) is 0. The Bertz CT molecular complexity index is 945. The van der Waals surface area contributed by atoms with Crippen molar-refractivity contribution < 1.29 is 0 Å². The maximum Gasteiger partial charge on any atom is 0.194 e. The molecule has 0 saturated heterocycles. The Labute approximate surface area is 213 Å². The van der Waals surface area contributed by atoms with Crippen molar-refractivity contribution in [2.45, 2.75) is 4.29 Å². The summed E-state index contributed by atoms with van der Waals surface area (Å²) >= 11 is 20.8. The summed E-state index contributed by atoms with van der Waals surface area (Å²) in [6, 6.07) is 18.2. The Morgan fingerprint density at radius 3 is 1.50 bits per heavy atom. The topological polar surface area (TPSA) is 38.7 Å². The maximum absolute atomic E-state index is 4.57. The van der Waals surface area contributed by atoms with Crippen molar-refractivity contribution >= 4 is 108 Å². The summed E-state index contributed by atoms with van der Waals surface area (Å²) in [7, 11) is 0. The van der Waals surface area contributed by atoms with Gasteiger partial charge in [0.25, 0.3) is 0 Å². The van der Waals surface area contributed by atoms with E-state index in [-0.39, 0.29) is 0 Å². The number of hydrogen-bond donors (Lipinski definition) is 0. The second-order valence-corrected chi connectivity index (χ2v) is 19.2. The van der Waals surface area contributed by atoms with Gasteiger partial charge in [0.05, 0.1) is 0 Å². The number of nitrogens with zero attached hydrogens (tertiary/aromatic N) is 3. The first-order valence-electron chi connectivity index (χ1n) is 7.87. The van der Waals surface area contributed by atoms with Crippen molar-refractivity contribution in [1.82, 2.24) is 15.0 Å². The van der Waals surface area contributed by atoms with Crippen molar-refractivity contribution in [1.29, 1.82) is 0 Å². The molecule has 0 aliphatic carbocycles. The minimum atomic E-state index is -0.754. The molecule has 0 N–H and O–H groups in total. The summed E-state index contributed by atoms with van der Waals surface area (Å²) in [6.07, 6.45) is 4.15. The second kappa shape index (κ2) is 9.47. The normalized spacial score (nSPS) is 12.5. The molecule has 1 heterocycles. The van der Waals surface area contributed by atoms with Crippen LogP contribution in [-0.2, 0) is 4.29 Å². The number of halogens is 6. The zero-order valence-electron chi connectivity index (χ0n) is 14.0. The number of hydrogen-bond acceptors (Lipinski definition) is 3. The lowest BCUT2D eigenvalue weighted by Crippen LogP contribution is -2.15. The first kappa shape index (κ1) is 22.7. The SMILES string of the molecule is BrC(Br)(Br)c1nc(-c2ccc(C=Cc3ccccc3)cc2)nc(C(Br)(Br)Br)n1. The van der Waals surface area contributed by atoms with Gasteiger partial charge in [-0.2, -0.15) is 0 Å². The number of alkyl halides is 6. The fourth-order valence-electron chi connectivity index (χ4n) is 2.26. The standard InChI is InChI=1S/C19H11Br6N3/c20-18(21,22)16-26-15(27-17(28-16)19(23,24)25)14-10-8-13(9-11-14)7-6-12-4-2-1-3-5-12/h1-11H. The monoisotopic (exact) mass is 755 g/mol. The molecule has 3 aromatic rings. The van der Waals surface area contributed by atoms with Crippen molar-refractivity contribution in [3.8, 4) is 11.4 Å². The van der Waals surface area contributed by atoms with Gasteiger partial charge in [0, 0.05) is 5.56 Å². The van der Waals surface area contributed by atoms with Crippen LogP contribution in [0.1, 0.15) is 22.8 Å². The largest absolute Gasteiger partial charge is 0.211 e. The highest BCUT2D eigenvalue weighted by Crippen LogP contribution is 2.46. The Morgan fingerprint density at radius 2 is 1.04 bits per heavy atom. The number of aromatic nitrogens is 3. The molecule has 144 valence electrons. The van der Waals surface area contributed by atoms with E-state index in [0.717, 1.165) is 16.7 Å². The van der Waals surface area contributed by atoms with Crippen LogP contribution >= 0.6 is 95.6 Å². The van der Waals surface area contributed by atoms with Gasteiger partial charge in [-0.3, -0.25) is 0 Å². The quantitative estimate of drug-likeness (QED) is 0.199. The molecular formula is C19H11Br6N3. The van der Waals surface area contributed by atoms with Gasteiger partial charge in [0.15, 0.2) is 21.8 Å². The van der Waals surface area contributed by atoms with E-state index in [9.17, 15) is 0 Å². The van der Waals surface area contributed by atoms with Crippen molar-refractivity contribution in [2.75, 3.05) is 0 Å². The molecule has 3 rings (SSSR count). The highest BCUT2D eigenvalue weighted by atomic mass is 80.0. The van der Waals surface area contributed by atoms with Gasteiger partial charge in [-0.1, -0.05) is 162 Å². The Balaban J connectivity index is 1.94. The molecule has 2 aromatic carbocycles.